The maximum Gasteiger partial charge on any atom is 0.226 e. The minimum atomic E-state index is 0. The number of aromatic nitrogens is 1. The van der Waals surface area contributed by atoms with Gasteiger partial charge in [0.2, 0.25) is 5.89 Å². The van der Waals surface area contributed by atoms with Crippen molar-refractivity contribution in [3.05, 3.63) is 42.3 Å². The summed E-state index contributed by atoms with van der Waals surface area (Å²) in [6, 6.07) is 9.89. The van der Waals surface area contributed by atoms with E-state index >= 15 is 0 Å². The van der Waals surface area contributed by atoms with Crippen molar-refractivity contribution in [2.45, 2.75) is 51.2 Å². The Hall–Kier alpha value is -1.61. The molecule has 0 atom stereocenters. The molecule has 28 heavy (non-hydrogen) atoms. The number of hydrogen-bond acceptors (Lipinski definition) is 4. The Morgan fingerprint density at radius 3 is 2.71 bits per heavy atom. The van der Waals surface area contributed by atoms with E-state index in [1.165, 1.54) is 32.1 Å². The first-order chi connectivity index (χ1) is 13.3. The molecule has 1 heterocycles. The highest BCUT2D eigenvalue weighted by atomic mass is 127. The normalized spacial score (nSPS) is 15.1. The standard InChI is InChI=1S/C21H30N4O2.HI/c1-22-21(23-13-8-14-26-19-11-6-3-7-12-19)24-15-18-16-27-20(25-18)17-9-4-2-5-10-17;/h2,4-5,9-10,16,19H,3,6-8,11-15H2,1H3,(H2,22,23,24);1H. The van der Waals surface area contributed by atoms with Crippen LogP contribution < -0.4 is 10.6 Å². The van der Waals surface area contributed by atoms with Crippen LogP contribution in [0.5, 0.6) is 0 Å². The molecular weight excluding hydrogens is 467 g/mol. The second-order valence-corrected chi connectivity index (χ2v) is 6.85. The zero-order chi connectivity index (χ0) is 18.7. The molecule has 1 aromatic carbocycles. The highest BCUT2D eigenvalue weighted by molar-refractivity contribution is 14.0. The van der Waals surface area contributed by atoms with Crippen molar-refractivity contribution in [3.63, 3.8) is 0 Å². The molecule has 1 aromatic heterocycles. The third-order valence-corrected chi connectivity index (χ3v) is 4.75. The molecular formula is C21H31IN4O2. The minimum absolute atomic E-state index is 0. The van der Waals surface area contributed by atoms with Crippen LogP contribution in [-0.4, -0.2) is 37.2 Å². The van der Waals surface area contributed by atoms with Crippen molar-refractivity contribution in [2.75, 3.05) is 20.2 Å². The number of rotatable bonds is 8. The van der Waals surface area contributed by atoms with Gasteiger partial charge in [0.1, 0.15) is 6.26 Å². The zero-order valence-corrected chi connectivity index (χ0v) is 18.9. The Balaban J connectivity index is 0.00000280. The number of aliphatic imine (C=N–C) groups is 1. The Kier molecular flexibility index (Phi) is 10.3. The van der Waals surface area contributed by atoms with E-state index in [1.807, 2.05) is 30.3 Å². The highest BCUT2D eigenvalue weighted by Crippen LogP contribution is 2.20. The second kappa shape index (κ2) is 12.8. The third-order valence-electron chi connectivity index (χ3n) is 4.75. The van der Waals surface area contributed by atoms with Gasteiger partial charge in [-0.2, -0.15) is 0 Å². The summed E-state index contributed by atoms with van der Waals surface area (Å²) in [5.74, 6) is 1.40. The van der Waals surface area contributed by atoms with E-state index < -0.39 is 0 Å². The molecule has 6 nitrogen and oxygen atoms in total. The monoisotopic (exact) mass is 498 g/mol. The Labute approximate surface area is 184 Å². The molecule has 0 amide bonds. The number of guanidine groups is 1. The Morgan fingerprint density at radius 2 is 1.96 bits per heavy atom. The predicted molar refractivity (Wildman–Crippen MR) is 123 cm³/mol. The molecule has 1 aliphatic carbocycles. The lowest BCUT2D eigenvalue weighted by Crippen LogP contribution is -2.37. The van der Waals surface area contributed by atoms with Crippen molar-refractivity contribution in [3.8, 4) is 11.5 Å². The van der Waals surface area contributed by atoms with E-state index in [2.05, 4.69) is 20.6 Å². The fraction of sp³-hybridized carbons (Fsp3) is 0.524. The second-order valence-electron chi connectivity index (χ2n) is 6.85. The van der Waals surface area contributed by atoms with Crippen molar-refractivity contribution in [1.82, 2.24) is 15.6 Å². The molecule has 2 N–H and O–H groups in total. The van der Waals surface area contributed by atoms with Crippen LogP contribution in [-0.2, 0) is 11.3 Å². The summed E-state index contributed by atoms with van der Waals surface area (Å²) in [7, 11) is 1.77. The van der Waals surface area contributed by atoms with Crippen LogP contribution in [0.1, 0.15) is 44.2 Å². The first kappa shape index (κ1) is 22.7. The summed E-state index contributed by atoms with van der Waals surface area (Å²) < 4.78 is 11.5. The third kappa shape index (κ3) is 7.43. The molecule has 0 radical (unpaired) electrons. The van der Waals surface area contributed by atoms with Crippen molar-refractivity contribution in [2.24, 2.45) is 4.99 Å². The van der Waals surface area contributed by atoms with Gasteiger partial charge >= 0.3 is 0 Å². The molecule has 2 aromatic rings. The average Bonchev–Trinajstić information content (AvgIpc) is 3.20. The quantitative estimate of drug-likeness (QED) is 0.245. The first-order valence-electron chi connectivity index (χ1n) is 9.91. The van der Waals surface area contributed by atoms with Crippen LogP contribution in [0.2, 0.25) is 0 Å². The molecule has 0 spiro atoms. The van der Waals surface area contributed by atoms with E-state index in [-0.39, 0.29) is 24.0 Å². The van der Waals surface area contributed by atoms with E-state index in [1.54, 1.807) is 13.3 Å². The van der Waals surface area contributed by atoms with Crippen LogP contribution in [0.4, 0.5) is 0 Å². The lowest BCUT2D eigenvalue weighted by molar-refractivity contribution is 0.0277. The zero-order valence-electron chi connectivity index (χ0n) is 16.5. The maximum atomic E-state index is 5.95. The van der Waals surface area contributed by atoms with Gasteiger partial charge in [0.05, 0.1) is 18.3 Å². The topological polar surface area (TPSA) is 71.7 Å². The lowest BCUT2D eigenvalue weighted by Gasteiger charge is -2.22. The lowest BCUT2D eigenvalue weighted by atomic mass is 9.98. The van der Waals surface area contributed by atoms with E-state index in [0.717, 1.165) is 36.8 Å². The number of nitrogens with one attached hydrogen (secondary N) is 2. The number of nitrogens with zero attached hydrogens (tertiary/aromatic N) is 2. The number of benzene rings is 1. The van der Waals surface area contributed by atoms with Gasteiger partial charge in [-0.3, -0.25) is 4.99 Å². The molecule has 0 bridgehead atoms. The van der Waals surface area contributed by atoms with Gasteiger partial charge in [-0.15, -0.1) is 24.0 Å². The van der Waals surface area contributed by atoms with Crippen LogP contribution in [0, 0.1) is 0 Å². The highest BCUT2D eigenvalue weighted by Gasteiger charge is 2.13. The van der Waals surface area contributed by atoms with Crippen LogP contribution >= 0.6 is 24.0 Å². The van der Waals surface area contributed by atoms with Crippen LogP contribution in [0.25, 0.3) is 11.5 Å². The molecule has 1 fully saturated rings. The smallest absolute Gasteiger partial charge is 0.226 e. The molecule has 1 aliphatic rings. The summed E-state index contributed by atoms with van der Waals surface area (Å²) in [5, 5.41) is 6.58. The molecule has 0 unspecified atom stereocenters. The van der Waals surface area contributed by atoms with Gasteiger partial charge < -0.3 is 19.8 Å². The summed E-state index contributed by atoms with van der Waals surface area (Å²) in [5.41, 5.74) is 1.82. The molecule has 1 saturated carbocycles. The van der Waals surface area contributed by atoms with Crippen molar-refractivity contribution < 1.29 is 9.15 Å². The van der Waals surface area contributed by atoms with Crippen LogP contribution in [0.3, 0.4) is 0 Å². The van der Waals surface area contributed by atoms with Crippen LogP contribution in [0.15, 0.2) is 46.0 Å². The predicted octanol–water partition coefficient (Wildman–Crippen LogP) is 4.36. The van der Waals surface area contributed by atoms with Gasteiger partial charge in [0.15, 0.2) is 5.96 Å². The average molecular weight is 498 g/mol. The SMILES string of the molecule is CN=C(NCCCOC1CCCCC1)NCc1coc(-c2ccccc2)n1.I. The number of halogens is 1. The van der Waals surface area contributed by atoms with E-state index in [0.29, 0.717) is 18.5 Å². The van der Waals surface area contributed by atoms with Gasteiger partial charge in [-0.25, -0.2) is 4.98 Å². The minimum Gasteiger partial charge on any atom is -0.444 e. The van der Waals surface area contributed by atoms with Gasteiger partial charge in [0.25, 0.3) is 0 Å². The molecule has 0 saturated heterocycles. The van der Waals surface area contributed by atoms with Gasteiger partial charge in [0, 0.05) is 25.8 Å². The fourth-order valence-corrected chi connectivity index (χ4v) is 3.26. The number of oxazole rings is 1. The molecule has 7 heteroatoms. The Bertz CT molecular complexity index is 699. The maximum absolute atomic E-state index is 5.95. The summed E-state index contributed by atoms with van der Waals surface area (Å²) in [4.78, 5) is 8.77. The molecule has 0 aliphatic heterocycles. The molecule has 3 rings (SSSR count). The van der Waals surface area contributed by atoms with Crippen molar-refractivity contribution in [1.29, 1.82) is 0 Å². The first-order valence-corrected chi connectivity index (χ1v) is 9.91. The number of hydrogen-bond donors (Lipinski definition) is 2. The summed E-state index contributed by atoms with van der Waals surface area (Å²) >= 11 is 0. The van der Waals surface area contributed by atoms with Gasteiger partial charge in [-0.05, 0) is 31.4 Å². The summed E-state index contributed by atoms with van der Waals surface area (Å²) in [6.07, 6.45) is 9.56. The largest absolute Gasteiger partial charge is 0.444 e. The Morgan fingerprint density at radius 1 is 1.18 bits per heavy atom. The summed E-state index contributed by atoms with van der Waals surface area (Å²) in [6.45, 7) is 2.20. The van der Waals surface area contributed by atoms with E-state index in [9.17, 15) is 0 Å². The van der Waals surface area contributed by atoms with E-state index in [4.69, 9.17) is 9.15 Å². The molecule has 154 valence electrons. The fourth-order valence-electron chi connectivity index (χ4n) is 3.26. The van der Waals surface area contributed by atoms with Gasteiger partial charge in [-0.1, -0.05) is 37.5 Å². The number of ether oxygens (including phenoxy) is 1. The van der Waals surface area contributed by atoms with Crippen molar-refractivity contribution >= 4 is 29.9 Å².